The summed E-state index contributed by atoms with van der Waals surface area (Å²) in [6, 6.07) is 1.79. The molecule has 0 radical (unpaired) electrons. The lowest BCUT2D eigenvalue weighted by Gasteiger charge is -2.33. The van der Waals surface area contributed by atoms with Gasteiger partial charge in [0.1, 0.15) is 13.5 Å². The molecule has 0 aromatic heterocycles. The van der Waals surface area contributed by atoms with Gasteiger partial charge in [0.25, 0.3) is 0 Å². The monoisotopic (exact) mass is 374 g/mol. The molecule has 0 N–H and O–H groups in total. The predicted molar refractivity (Wildman–Crippen MR) is 102 cm³/mol. The van der Waals surface area contributed by atoms with Crippen LogP contribution in [0.3, 0.4) is 0 Å². The normalized spacial score (nSPS) is 16.9. The fourth-order valence-electron chi connectivity index (χ4n) is 2.07. The Morgan fingerprint density at radius 3 is 1.88 bits per heavy atom. The van der Waals surface area contributed by atoms with Crippen molar-refractivity contribution in [3.63, 3.8) is 0 Å². The van der Waals surface area contributed by atoms with E-state index in [0.717, 1.165) is 12.1 Å². The van der Waals surface area contributed by atoms with Crippen LogP contribution in [0, 0.1) is 0 Å². The predicted octanol–water partition coefficient (Wildman–Crippen LogP) is 3.27. The van der Waals surface area contributed by atoms with Crippen LogP contribution in [0.2, 0.25) is 51.4 Å². The molecule has 1 aliphatic rings. The molecule has 0 aromatic rings. The second kappa shape index (κ2) is 9.12. The first-order chi connectivity index (χ1) is 11.0. The molecule has 0 spiro atoms. The number of carbonyl (C=O) groups excluding carboxylic acids is 2. The molecule has 1 aliphatic heterocycles. The molecule has 140 valence electrons. The molecule has 1 heterocycles. The zero-order valence-electron chi connectivity index (χ0n) is 16.2. The standard InChI is InChI=1S/C16H34N2O4Si2/c1-23(2,3)11-9-21-13-17-8-7-15(19)18(16(17)20)14-22-10-12-24(4,5)6/h7-14H2,1-6H3. The smallest absolute Gasteiger partial charge is 0.330 e. The molecule has 1 saturated heterocycles. The number of nitrogens with zero attached hydrogens (tertiary/aromatic N) is 2. The SMILES string of the molecule is C[Si](C)(C)CCOCN1CCC(=O)N(COCC[Si](C)(C)C)C1=O. The Morgan fingerprint density at radius 2 is 1.38 bits per heavy atom. The number of imide groups is 1. The number of carbonyl (C=O) groups is 2. The van der Waals surface area contributed by atoms with Crippen LogP contribution in [-0.2, 0) is 14.3 Å². The topological polar surface area (TPSA) is 59.1 Å². The van der Waals surface area contributed by atoms with Gasteiger partial charge in [0.05, 0.1) is 0 Å². The molecule has 0 saturated carbocycles. The second-order valence-corrected chi connectivity index (χ2v) is 20.1. The van der Waals surface area contributed by atoms with E-state index in [2.05, 4.69) is 39.3 Å². The molecule has 0 bridgehead atoms. The van der Waals surface area contributed by atoms with E-state index in [9.17, 15) is 9.59 Å². The Kier molecular flexibility index (Phi) is 8.11. The van der Waals surface area contributed by atoms with Gasteiger partial charge >= 0.3 is 6.03 Å². The highest BCUT2D eigenvalue weighted by Gasteiger charge is 2.32. The Morgan fingerprint density at radius 1 is 0.875 bits per heavy atom. The fraction of sp³-hybridized carbons (Fsp3) is 0.875. The maximum absolute atomic E-state index is 12.4. The molecule has 1 rings (SSSR count). The van der Waals surface area contributed by atoms with E-state index in [4.69, 9.17) is 9.47 Å². The van der Waals surface area contributed by atoms with E-state index in [-0.39, 0.29) is 25.4 Å². The summed E-state index contributed by atoms with van der Waals surface area (Å²) in [5.74, 6) is -0.161. The summed E-state index contributed by atoms with van der Waals surface area (Å²) in [7, 11) is -2.30. The summed E-state index contributed by atoms with van der Waals surface area (Å²) in [6.07, 6.45) is 0.334. The molecule has 0 atom stereocenters. The molecule has 0 aliphatic carbocycles. The largest absolute Gasteiger partial charge is 0.361 e. The first kappa shape index (κ1) is 21.3. The third-order valence-corrected chi connectivity index (χ3v) is 7.27. The quantitative estimate of drug-likeness (QED) is 0.435. The van der Waals surface area contributed by atoms with Crippen molar-refractivity contribution in [2.75, 3.05) is 33.2 Å². The van der Waals surface area contributed by atoms with Crippen LogP contribution >= 0.6 is 0 Å². The van der Waals surface area contributed by atoms with Crippen molar-refractivity contribution < 1.29 is 19.1 Å². The molecule has 6 nitrogen and oxygen atoms in total. The maximum Gasteiger partial charge on any atom is 0.330 e. The van der Waals surface area contributed by atoms with Crippen LogP contribution in [-0.4, -0.2) is 71.1 Å². The number of urea groups is 1. The van der Waals surface area contributed by atoms with Crippen molar-refractivity contribution in [2.45, 2.75) is 57.8 Å². The molecule has 0 unspecified atom stereocenters. The number of hydrogen-bond donors (Lipinski definition) is 0. The molecule has 24 heavy (non-hydrogen) atoms. The molecule has 3 amide bonds. The van der Waals surface area contributed by atoms with Crippen molar-refractivity contribution in [1.29, 1.82) is 0 Å². The van der Waals surface area contributed by atoms with E-state index in [0.29, 0.717) is 26.2 Å². The third-order valence-electron chi connectivity index (χ3n) is 3.86. The van der Waals surface area contributed by atoms with E-state index in [1.54, 1.807) is 4.90 Å². The Hall–Kier alpha value is -0.706. The number of amides is 3. The van der Waals surface area contributed by atoms with Crippen LogP contribution in [0.4, 0.5) is 4.79 Å². The van der Waals surface area contributed by atoms with E-state index in [1.807, 2.05) is 0 Å². The van der Waals surface area contributed by atoms with E-state index < -0.39 is 16.1 Å². The highest BCUT2D eigenvalue weighted by Crippen LogP contribution is 2.13. The van der Waals surface area contributed by atoms with Gasteiger partial charge in [-0.05, 0) is 12.1 Å². The van der Waals surface area contributed by atoms with Gasteiger partial charge in [0.2, 0.25) is 5.91 Å². The van der Waals surface area contributed by atoms with Gasteiger partial charge in [-0.15, -0.1) is 0 Å². The van der Waals surface area contributed by atoms with Gasteiger partial charge in [-0.2, -0.15) is 0 Å². The van der Waals surface area contributed by atoms with Crippen molar-refractivity contribution in [3.8, 4) is 0 Å². The minimum absolute atomic E-state index is 0.0492. The zero-order valence-corrected chi connectivity index (χ0v) is 18.2. The number of ether oxygens (including phenoxy) is 2. The van der Waals surface area contributed by atoms with Gasteiger partial charge in [-0.25, -0.2) is 9.69 Å². The summed E-state index contributed by atoms with van der Waals surface area (Å²) in [4.78, 5) is 27.2. The van der Waals surface area contributed by atoms with Gasteiger partial charge < -0.3 is 14.4 Å². The number of rotatable bonds is 10. The van der Waals surface area contributed by atoms with Crippen LogP contribution in [0.25, 0.3) is 0 Å². The molecule has 8 heteroatoms. The second-order valence-electron chi connectivity index (χ2n) is 8.81. The van der Waals surface area contributed by atoms with Crippen molar-refractivity contribution in [2.24, 2.45) is 0 Å². The maximum atomic E-state index is 12.4. The summed E-state index contributed by atoms with van der Waals surface area (Å²) >= 11 is 0. The van der Waals surface area contributed by atoms with E-state index in [1.165, 1.54) is 4.90 Å². The highest BCUT2D eigenvalue weighted by molar-refractivity contribution is 6.76. The third kappa shape index (κ3) is 8.41. The van der Waals surface area contributed by atoms with Gasteiger partial charge in [0, 0.05) is 42.3 Å². The molecule has 1 fully saturated rings. The Labute approximate surface area is 148 Å². The minimum Gasteiger partial charge on any atom is -0.361 e. The minimum atomic E-state index is -1.17. The van der Waals surface area contributed by atoms with Crippen LogP contribution in [0.5, 0.6) is 0 Å². The van der Waals surface area contributed by atoms with Gasteiger partial charge in [-0.3, -0.25) is 4.79 Å². The zero-order chi connectivity index (χ0) is 18.4. The Balaban J connectivity index is 2.38. The van der Waals surface area contributed by atoms with Crippen LogP contribution in [0.1, 0.15) is 6.42 Å². The first-order valence-electron chi connectivity index (χ1n) is 8.74. The Bertz CT molecular complexity index is 433. The first-order valence-corrected chi connectivity index (χ1v) is 16.2. The van der Waals surface area contributed by atoms with E-state index >= 15 is 0 Å². The van der Waals surface area contributed by atoms with Crippen molar-refractivity contribution >= 4 is 28.1 Å². The van der Waals surface area contributed by atoms with Crippen molar-refractivity contribution in [1.82, 2.24) is 9.80 Å². The summed E-state index contributed by atoms with van der Waals surface area (Å²) in [5.41, 5.74) is 0. The summed E-state index contributed by atoms with van der Waals surface area (Å²) < 4.78 is 11.2. The van der Waals surface area contributed by atoms with Crippen LogP contribution in [0.15, 0.2) is 0 Å². The highest BCUT2D eigenvalue weighted by atomic mass is 28.3. The average molecular weight is 375 g/mol. The lowest BCUT2D eigenvalue weighted by Crippen LogP contribution is -2.53. The van der Waals surface area contributed by atoms with Crippen LogP contribution < -0.4 is 0 Å². The number of hydrogen-bond acceptors (Lipinski definition) is 4. The fourth-order valence-corrected chi connectivity index (χ4v) is 3.59. The van der Waals surface area contributed by atoms with Crippen molar-refractivity contribution in [3.05, 3.63) is 0 Å². The summed E-state index contributed by atoms with van der Waals surface area (Å²) in [6.45, 7) is 15.7. The molecular weight excluding hydrogens is 340 g/mol. The molecular formula is C16H34N2O4Si2. The summed E-state index contributed by atoms with van der Waals surface area (Å²) in [5, 5.41) is 0. The lowest BCUT2D eigenvalue weighted by atomic mass is 10.3. The lowest BCUT2D eigenvalue weighted by molar-refractivity contribution is -0.136. The van der Waals surface area contributed by atoms with Gasteiger partial charge in [0.15, 0.2) is 0 Å². The van der Waals surface area contributed by atoms with Gasteiger partial charge in [-0.1, -0.05) is 39.3 Å². The average Bonchev–Trinajstić information content (AvgIpc) is 2.42. The molecule has 0 aromatic carbocycles.